The van der Waals surface area contributed by atoms with Crippen LogP contribution in [0.25, 0.3) is 11.1 Å². The van der Waals surface area contributed by atoms with Crippen LogP contribution in [0.3, 0.4) is 0 Å². The van der Waals surface area contributed by atoms with Crippen molar-refractivity contribution in [3.8, 4) is 11.1 Å². The number of carbonyl (C=O) groups excluding carboxylic acids is 5. The van der Waals surface area contributed by atoms with E-state index in [0.717, 1.165) is 27.8 Å². The Bertz CT molecular complexity index is 1950. The molecule has 5 amide bonds. The van der Waals surface area contributed by atoms with Crippen LogP contribution in [-0.4, -0.2) is 84.3 Å². The zero-order chi connectivity index (χ0) is 44.1. The first-order valence-electron chi connectivity index (χ1n) is 21.8. The van der Waals surface area contributed by atoms with E-state index in [1.807, 2.05) is 101 Å². The van der Waals surface area contributed by atoms with E-state index in [0.29, 0.717) is 38.6 Å². The molecule has 1 saturated heterocycles. The highest BCUT2D eigenvalue weighted by Crippen LogP contribution is 2.44. The lowest BCUT2D eigenvalue weighted by Gasteiger charge is -2.29. The van der Waals surface area contributed by atoms with Crippen LogP contribution >= 0.6 is 0 Å². The van der Waals surface area contributed by atoms with Gasteiger partial charge >= 0.3 is 12.2 Å². The maximum absolute atomic E-state index is 14.5. The van der Waals surface area contributed by atoms with Crippen molar-refractivity contribution >= 4 is 29.9 Å². The van der Waals surface area contributed by atoms with Gasteiger partial charge in [-0.3, -0.25) is 14.4 Å². The molecule has 4 N–H and O–H groups in total. The van der Waals surface area contributed by atoms with Gasteiger partial charge in [-0.1, -0.05) is 105 Å². The smallest absolute Gasteiger partial charge is 0.408 e. The van der Waals surface area contributed by atoms with Crippen LogP contribution in [0.2, 0.25) is 0 Å². The van der Waals surface area contributed by atoms with Gasteiger partial charge in [-0.15, -0.1) is 0 Å². The van der Waals surface area contributed by atoms with Gasteiger partial charge in [0.15, 0.2) is 0 Å². The summed E-state index contributed by atoms with van der Waals surface area (Å²) < 4.78 is 11.2. The number of nitrogens with zero attached hydrogens (tertiary/aromatic N) is 1. The Morgan fingerprint density at radius 2 is 1.44 bits per heavy atom. The summed E-state index contributed by atoms with van der Waals surface area (Å²) in [4.78, 5) is 69.1. The van der Waals surface area contributed by atoms with Crippen molar-refractivity contribution in [3.05, 3.63) is 108 Å². The minimum atomic E-state index is -0.882. The minimum Gasteiger partial charge on any atom is -0.449 e. The molecule has 1 aliphatic carbocycles. The molecule has 0 bridgehead atoms. The van der Waals surface area contributed by atoms with Gasteiger partial charge < -0.3 is 35.6 Å². The predicted octanol–water partition coefficient (Wildman–Crippen LogP) is 7.66. The molecule has 0 spiro atoms. The van der Waals surface area contributed by atoms with E-state index < -0.39 is 41.7 Å². The third kappa shape index (κ3) is 13.7. The number of alkyl carbamates (subject to hydrolysis) is 2. The Balaban J connectivity index is 1.21. The van der Waals surface area contributed by atoms with Gasteiger partial charge in [0.05, 0.1) is 12.0 Å². The monoisotopic (exact) mass is 835 g/mol. The highest BCUT2D eigenvalue weighted by Gasteiger charge is 2.38. The lowest BCUT2D eigenvalue weighted by molar-refractivity contribution is -0.141. The number of fused-ring (bicyclic) bond motifs is 3. The molecule has 12 nitrogen and oxygen atoms in total. The third-order valence-corrected chi connectivity index (χ3v) is 10.8. The van der Waals surface area contributed by atoms with Crippen molar-refractivity contribution in [1.82, 2.24) is 26.2 Å². The molecule has 1 aliphatic heterocycles. The van der Waals surface area contributed by atoms with Crippen molar-refractivity contribution in [2.75, 3.05) is 19.7 Å². The highest BCUT2D eigenvalue weighted by molar-refractivity contribution is 5.93. The van der Waals surface area contributed by atoms with Crippen LogP contribution in [0, 0.1) is 11.8 Å². The van der Waals surface area contributed by atoms with Crippen molar-refractivity contribution in [2.45, 2.75) is 123 Å². The van der Waals surface area contributed by atoms with E-state index in [1.165, 1.54) is 0 Å². The van der Waals surface area contributed by atoms with Crippen LogP contribution in [0.4, 0.5) is 9.59 Å². The average Bonchev–Trinajstić information content (AvgIpc) is 3.82. The summed E-state index contributed by atoms with van der Waals surface area (Å²) in [6, 6.07) is 23.8. The van der Waals surface area contributed by atoms with Gasteiger partial charge in [-0.05, 0) is 107 Å². The Hall–Kier alpha value is -5.65. The number of benzene rings is 3. The molecule has 0 radical (unpaired) electrons. The predicted molar refractivity (Wildman–Crippen MR) is 238 cm³/mol. The van der Waals surface area contributed by atoms with E-state index >= 15 is 0 Å². The van der Waals surface area contributed by atoms with Crippen LogP contribution in [0.5, 0.6) is 0 Å². The zero-order valence-electron chi connectivity index (χ0n) is 36.9. The second-order valence-electron chi connectivity index (χ2n) is 17.9. The first kappa shape index (κ1) is 46.4. The van der Waals surface area contributed by atoms with E-state index in [2.05, 4.69) is 59.4 Å². The SMILES string of the molecule is CC(C)C[C@@H](/C=C/[C@H](Cc1ccccc1)C(=O)N1CCC[C@H]1C(=O)N[C@@H](CCCNC(=O)OCC1c2ccccc2-c2ccccc21)C(=O)NC(C)C)NC(=O)OC(C)(C)C. The molecule has 5 rings (SSSR count). The van der Waals surface area contributed by atoms with Crippen molar-refractivity contribution < 1.29 is 33.4 Å². The van der Waals surface area contributed by atoms with Gasteiger partial charge in [0.2, 0.25) is 17.7 Å². The van der Waals surface area contributed by atoms with Crippen molar-refractivity contribution in [2.24, 2.45) is 11.8 Å². The number of ether oxygens (including phenoxy) is 2. The summed E-state index contributed by atoms with van der Waals surface area (Å²) in [6.45, 7) is 14.1. The molecule has 4 atom stereocenters. The van der Waals surface area contributed by atoms with Gasteiger partial charge in [0.25, 0.3) is 0 Å². The van der Waals surface area contributed by atoms with E-state index in [4.69, 9.17) is 9.47 Å². The molecule has 1 fully saturated rings. The van der Waals surface area contributed by atoms with Crippen LogP contribution in [0.15, 0.2) is 91.0 Å². The molecule has 2 aliphatic rings. The molecule has 1 heterocycles. The second-order valence-corrected chi connectivity index (χ2v) is 17.9. The first-order valence-corrected chi connectivity index (χ1v) is 21.8. The normalized spacial score (nSPS) is 16.4. The standard InChI is InChI=1S/C49H65N5O7/c1-32(2)29-36(52-48(59)61-49(5,6)7)26-25-35(30-34-17-9-8-10-18-34)46(57)54-28-16-24-43(54)45(56)53-42(44(55)51-33(3)4)23-15-27-50-47(58)60-31-41-39-21-13-11-19-37(39)38-20-12-14-22-40(38)41/h8-14,17-22,25-26,32-33,35-36,41-43H,15-16,23-24,27-31H2,1-7H3,(H,50,58)(H,51,55)(H,52,59)(H,53,56)/b26-25+/t35-,36-,42+,43+/m1/s1. The summed E-state index contributed by atoms with van der Waals surface area (Å²) in [5.74, 6) is -1.36. The maximum Gasteiger partial charge on any atom is 0.408 e. The van der Waals surface area contributed by atoms with Gasteiger partial charge in [-0.25, -0.2) is 9.59 Å². The quantitative estimate of drug-likeness (QED) is 0.0758. The Morgan fingerprint density at radius 1 is 0.803 bits per heavy atom. The Morgan fingerprint density at radius 3 is 2.07 bits per heavy atom. The summed E-state index contributed by atoms with van der Waals surface area (Å²) in [5, 5.41) is 11.6. The van der Waals surface area contributed by atoms with Crippen LogP contribution in [0.1, 0.15) is 103 Å². The fourth-order valence-electron chi connectivity index (χ4n) is 8.11. The number of hydrogen-bond donors (Lipinski definition) is 4. The summed E-state index contributed by atoms with van der Waals surface area (Å²) >= 11 is 0. The molecule has 61 heavy (non-hydrogen) atoms. The van der Waals surface area contributed by atoms with E-state index in [9.17, 15) is 24.0 Å². The average molecular weight is 836 g/mol. The molecule has 12 heteroatoms. The molecule has 3 aromatic rings. The molecule has 0 unspecified atom stereocenters. The van der Waals surface area contributed by atoms with Gasteiger partial charge in [-0.2, -0.15) is 0 Å². The zero-order valence-corrected chi connectivity index (χ0v) is 36.9. The number of carbonyl (C=O) groups is 5. The number of rotatable bonds is 18. The topological polar surface area (TPSA) is 155 Å². The lowest BCUT2D eigenvalue weighted by Crippen LogP contribution is -2.54. The molecule has 3 aromatic carbocycles. The third-order valence-electron chi connectivity index (χ3n) is 10.8. The summed E-state index contributed by atoms with van der Waals surface area (Å²) in [6.07, 6.45) is 5.40. The summed E-state index contributed by atoms with van der Waals surface area (Å²) in [7, 11) is 0. The number of likely N-dealkylation sites (tertiary alicyclic amines) is 1. The largest absolute Gasteiger partial charge is 0.449 e. The van der Waals surface area contributed by atoms with Gasteiger partial charge in [0.1, 0.15) is 24.3 Å². The molecular formula is C49H65N5O7. The molecule has 328 valence electrons. The van der Waals surface area contributed by atoms with Crippen molar-refractivity contribution in [3.63, 3.8) is 0 Å². The Kier molecular flexibility index (Phi) is 16.5. The fourth-order valence-corrected chi connectivity index (χ4v) is 8.11. The van der Waals surface area contributed by atoms with Crippen LogP contribution < -0.4 is 21.3 Å². The van der Waals surface area contributed by atoms with E-state index in [1.54, 1.807) is 4.90 Å². The van der Waals surface area contributed by atoms with E-state index in [-0.39, 0.29) is 55.3 Å². The minimum absolute atomic E-state index is 0.0629. The fraction of sp³-hybridized carbons (Fsp3) is 0.490. The van der Waals surface area contributed by atoms with Gasteiger partial charge in [0, 0.05) is 25.0 Å². The number of nitrogens with one attached hydrogen (secondary N) is 4. The Labute approximate surface area is 361 Å². The molecular weight excluding hydrogens is 771 g/mol. The lowest BCUT2D eigenvalue weighted by atomic mass is 9.95. The summed E-state index contributed by atoms with van der Waals surface area (Å²) in [5.41, 5.74) is 4.84. The van der Waals surface area contributed by atoms with Crippen molar-refractivity contribution in [1.29, 1.82) is 0 Å². The van der Waals surface area contributed by atoms with Crippen LogP contribution in [-0.2, 0) is 30.3 Å². The molecule has 0 saturated carbocycles. The number of hydrogen-bond acceptors (Lipinski definition) is 7. The number of amides is 5. The highest BCUT2D eigenvalue weighted by atomic mass is 16.6. The maximum atomic E-state index is 14.5. The first-order chi connectivity index (χ1) is 29.1. The second kappa shape index (κ2) is 21.7. The molecule has 0 aromatic heterocycles.